The summed E-state index contributed by atoms with van der Waals surface area (Å²) in [7, 11) is 1.57. The van der Waals surface area contributed by atoms with Crippen molar-refractivity contribution < 1.29 is 14.3 Å². The zero-order chi connectivity index (χ0) is 20.8. The minimum Gasteiger partial charge on any atom is -0.497 e. The van der Waals surface area contributed by atoms with Crippen molar-refractivity contribution in [1.82, 2.24) is 5.32 Å². The molecule has 148 valence electrons. The number of carbonyl (C=O) groups is 2. The van der Waals surface area contributed by atoms with Crippen molar-refractivity contribution in [2.24, 2.45) is 0 Å². The Kier molecular flexibility index (Phi) is 6.96. The standard InChI is InChI=1S/C21H18BrN3O3S/c1-28-16-4-2-3-13(9-16)17-10-19(26)25-21(18(17)11-23)29-12-20(27)24-15-7-5-14(22)6-8-15/h2-9,17H,10,12H2,1H3,(H,24,27)(H,25,26). The Balaban J connectivity index is 1.75. The summed E-state index contributed by atoms with van der Waals surface area (Å²) in [6.07, 6.45) is 0.172. The molecule has 3 rings (SSSR count). The molecule has 1 atom stereocenters. The molecule has 1 aliphatic rings. The highest BCUT2D eigenvalue weighted by atomic mass is 79.9. The number of methoxy groups -OCH3 is 1. The maximum Gasteiger partial charge on any atom is 0.234 e. The number of thioether (sulfide) groups is 1. The first-order valence-corrected chi connectivity index (χ1v) is 10.5. The smallest absolute Gasteiger partial charge is 0.234 e. The number of rotatable bonds is 6. The molecule has 0 spiro atoms. The minimum atomic E-state index is -0.374. The molecule has 0 fully saturated rings. The second-order valence-corrected chi connectivity index (χ2v) is 8.18. The molecule has 0 aliphatic carbocycles. The van der Waals surface area contributed by atoms with Gasteiger partial charge in [-0.1, -0.05) is 39.8 Å². The largest absolute Gasteiger partial charge is 0.497 e. The van der Waals surface area contributed by atoms with Crippen LogP contribution in [-0.2, 0) is 9.59 Å². The van der Waals surface area contributed by atoms with E-state index in [0.29, 0.717) is 22.0 Å². The summed E-state index contributed by atoms with van der Waals surface area (Å²) in [5, 5.41) is 15.7. The summed E-state index contributed by atoms with van der Waals surface area (Å²) >= 11 is 4.49. The predicted molar refractivity (Wildman–Crippen MR) is 116 cm³/mol. The average molecular weight is 472 g/mol. The first-order chi connectivity index (χ1) is 14.0. The van der Waals surface area contributed by atoms with Crippen LogP contribution in [0.15, 0.2) is 63.6 Å². The molecule has 29 heavy (non-hydrogen) atoms. The lowest BCUT2D eigenvalue weighted by molar-refractivity contribution is -0.121. The van der Waals surface area contributed by atoms with E-state index in [1.54, 1.807) is 19.2 Å². The van der Waals surface area contributed by atoms with Gasteiger partial charge in [-0.15, -0.1) is 0 Å². The number of anilines is 1. The Morgan fingerprint density at radius 2 is 2.10 bits per heavy atom. The molecule has 0 saturated carbocycles. The zero-order valence-corrected chi connectivity index (χ0v) is 18.0. The van der Waals surface area contributed by atoms with Gasteiger partial charge in [-0.25, -0.2) is 0 Å². The summed E-state index contributed by atoms with van der Waals surface area (Å²) in [4.78, 5) is 24.5. The molecule has 0 saturated heterocycles. The summed E-state index contributed by atoms with van der Waals surface area (Å²) in [6.45, 7) is 0. The Morgan fingerprint density at radius 3 is 2.79 bits per heavy atom. The second kappa shape index (κ2) is 9.63. The molecule has 2 aromatic rings. The van der Waals surface area contributed by atoms with Crippen LogP contribution in [0.4, 0.5) is 5.69 Å². The fourth-order valence-electron chi connectivity index (χ4n) is 2.94. The van der Waals surface area contributed by atoms with E-state index in [1.807, 2.05) is 36.4 Å². The second-order valence-electron chi connectivity index (χ2n) is 6.28. The van der Waals surface area contributed by atoms with Gasteiger partial charge in [0.1, 0.15) is 5.75 Å². The van der Waals surface area contributed by atoms with Gasteiger partial charge in [-0.05, 0) is 42.0 Å². The van der Waals surface area contributed by atoms with Crippen LogP contribution in [-0.4, -0.2) is 24.7 Å². The molecule has 6 nitrogen and oxygen atoms in total. The Labute approximate surface area is 181 Å². The van der Waals surface area contributed by atoms with E-state index in [0.717, 1.165) is 21.8 Å². The van der Waals surface area contributed by atoms with Crippen molar-refractivity contribution in [2.45, 2.75) is 12.3 Å². The molecule has 2 N–H and O–H groups in total. The van der Waals surface area contributed by atoms with Crippen LogP contribution < -0.4 is 15.4 Å². The lowest BCUT2D eigenvalue weighted by atomic mass is 9.87. The van der Waals surface area contributed by atoms with E-state index in [4.69, 9.17) is 4.74 Å². The number of nitrogens with one attached hydrogen (secondary N) is 2. The first-order valence-electron chi connectivity index (χ1n) is 8.76. The summed E-state index contributed by atoms with van der Waals surface area (Å²) < 4.78 is 6.17. The highest BCUT2D eigenvalue weighted by Gasteiger charge is 2.30. The van der Waals surface area contributed by atoms with Gasteiger partial charge < -0.3 is 15.4 Å². The summed E-state index contributed by atoms with van der Waals surface area (Å²) in [6, 6.07) is 16.8. The molecule has 1 aliphatic heterocycles. The van der Waals surface area contributed by atoms with Crippen molar-refractivity contribution >= 4 is 45.2 Å². The van der Waals surface area contributed by atoms with Crippen LogP contribution in [0.1, 0.15) is 17.9 Å². The predicted octanol–water partition coefficient (Wildman–Crippen LogP) is 4.17. The molecular formula is C21H18BrN3O3S. The highest BCUT2D eigenvalue weighted by Crippen LogP contribution is 2.36. The number of carbonyl (C=O) groups excluding carboxylic acids is 2. The highest BCUT2D eigenvalue weighted by molar-refractivity contribution is 9.10. The summed E-state index contributed by atoms with van der Waals surface area (Å²) in [5.74, 6) is -0.0518. The number of hydrogen-bond donors (Lipinski definition) is 2. The molecule has 0 bridgehead atoms. The van der Waals surface area contributed by atoms with Crippen LogP contribution >= 0.6 is 27.7 Å². The SMILES string of the molecule is COc1cccc(C2CC(=O)NC(SCC(=O)Nc3ccc(Br)cc3)=C2C#N)c1. The number of nitrogens with zero attached hydrogens (tertiary/aromatic N) is 1. The number of halogens is 1. The van der Waals surface area contributed by atoms with E-state index < -0.39 is 0 Å². The minimum absolute atomic E-state index is 0.0711. The normalized spacial score (nSPS) is 16.0. The lowest BCUT2D eigenvalue weighted by Gasteiger charge is -2.25. The molecule has 1 heterocycles. The third-order valence-corrected chi connectivity index (χ3v) is 5.87. The number of benzene rings is 2. The monoisotopic (exact) mass is 471 g/mol. The van der Waals surface area contributed by atoms with Gasteiger partial charge in [0.15, 0.2) is 0 Å². The first kappa shape index (κ1) is 21.0. The third-order valence-electron chi connectivity index (χ3n) is 4.33. The van der Waals surface area contributed by atoms with Gasteiger partial charge in [-0.3, -0.25) is 9.59 Å². The molecule has 2 aromatic carbocycles. The third kappa shape index (κ3) is 5.40. The van der Waals surface area contributed by atoms with Gasteiger partial charge in [-0.2, -0.15) is 5.26 Å². The van der Waals surface area contributed by atoms with Crippen molar-refractivity contribution in [2.75, 3.05) is 18.2 Å². The number of ether oxygens (including phenoxy) is 1. The van der Waals surface area contributed by atoms with Crippen molar-refractivity contribution in [3.8, 4) is 11.8 Å². The fourth-order valence-corrected chi connectivity index (χ4v) is 4.09. The van der Waals surface area contributed by atoms with Crippen molar-refractivity contribution in [3.63, 3.8) is 0 Å². The number of hydrogen-bond acceptors (Lipinski definition) is 5. The van der Waals surface area contributed by atoms with E-state index >= 15 is 0 Å². The van der Waals surface area contributed by atoms with Gasteiger partial charge in [0.05, 0.1) is 29.5 Å². The van der Waals surface area contributed by atoms with Crippen molar-refractivity contribution in [3.05, 3.63) is 69.2 Å². The topological polar surface area (TPSA) is 91.2 Å². The molecule has 2 amide bonds. The maximum absolute atomic E-state index is 12.3. The van der Waals surface area contributed by atoms with Gasteiger partial charge in [0, 0.05) is 22.5 Å². The average Bonchev–Trinajstić information content (AvgIpc) is 2.73. The summed E-state index contributed by atoms with van der Waals surface area (Å²) in [5.41, 5.74) is 1.95. The maximum atomic E-state index is 12.3. The molecular weight excluding hydrogens is 454 g/mol. The van der Waals surface area contributed by atoms with Gasteiger partial charge in [0.25, 0.3) is 0 Å². The van der Waals surface area contributed by atoms with E-state index in [9.17, 15) is 14.9 Å². The Hall–Kier alpha value is -2.76. The zero-order valence-electron chi connectivity index (χ0n) is 15.6. The molecule has 1 unspecified atom stereocenters. The van der Waals surface area contributed by atoms with Crippen LogP contribution in [0.25, 0.3) is 0 Å². The molecule has 8 heteroatoms. The van der Waals surface area contributed by atoms with Crippen LogP contribution in [0.5, 0.6) is 5.75 Å². The van der Waals surface area contributed by atoms with Gasteiger partial charge >= 0.3 is 0 Å². The number of amides is 2. The van der Waals surface area contributed by atoms with E-state index in [1.165, 1.54) is 0 Å². The lowest BCUT2D eigenvalue weighted by Crippen LogP contribution is -2.31. The van der Waals surface area contributed by atoms with Gasteiger partial charge in [0.2, 0.25) is 11.8 Å². The Bertz CT molecular complexity index is 999. The molecule has 0 aromatic heterocycles. The van der Waals surface area contributed by atoms with Crippen LogP contribution in [0, 0.1) is 11.3 Å². The van der Waals surface area contributed by atoms with Crippen LogP contribution in [0.2, 0.25) is 0 Å². The number of allylic oxidation sites excluding steroid dienone is 1. The van der Waals surface area contributed by atoms with E-state index in [-0.39, 0.29) is 29.9 Å². The van der Waals surface area contributed by atoms with Crippen molar-refractivity contribution in [1.29, 1.82) is 5.26 Å². The quantitative estimate of drug-likeness (QED) is 0.659. The van der Waals surface area contributed by atoms with Crippen LogP contribution in [0.3, 0.4) is 0 Å². The molecule has 0 radical (unpaired) electrons. The Morgan fingerprint density at radius 1 is 1.34 bits per heavy atom. The fraction of sp³-hybridized carbons (Fsp3) is 0.190. The number of nitriles is 1. The van der Waals surface area contributed by atoms with E-state index in [2.05, 4.69) is 32.6 Å².